The maximum absolute atomic E-state index is 12.3. The molecule has 98 valence electrons. The second-order valence-corrected chi connectivity index (χ2v) is 6.45. The van der Waals surface area contributed by atoms with E-state index < -0.39 is 5.54 Å². The van der Waals surface area contributed by atoms with Crippen LogP contribution >= 0.6 is 22.6 Å². The monoisotopic (exact) mass is 358 g/mol. The molecule has 1 saturated carbocycles. The molecule has 1 aromatic rings. The van der Waals surface area contributed by atoms with Crippen molar-refractivity contribution >= 4 is 34.2 Å². The summed E-state index contributed by atoms with van der Waals surface area (Å²) in [5.41, 5.74) is 6.43. The third-order valence-electron chi connectivity index (χ3n) is 3.61. The van der Waals surface area contributed by atoms with E-state index in [1.54, 1.807) is 0 Å². The van der Waals surface area contributed by atoms with Crippen LogP contribution in [0, 0.1) is 9.49 Å². The molecule has 1 aliphatic rings. The van der Waals surface area contributed by atoms with Crippen molar-refractivity contribution in [1.82, 2.24) is 0 Å². The van der Waals surface area contributed by atoms with Crippen LogP contribution in [0.5, 0.6) is 0 Å². The smallest absolute Gasteiger partial charge is 0.244 e. The second-order valence-electron chi connectivity index (χ2n) is 5.29. The van der Waals surface area contributed by atoms with E-state index in [0.29, 0.717) is 5.92 Å². The van der Waals surface area contributed by atoms with Crippen LogP contribution in [0.3, 0.4) is 0 Å². The van der Waals surface area contributed by atoms with Crippen molar-refractivity contribution in [3.63, 3.8) is 0 Å². The van der Waals surface area contributed by atoms with Gasteiger partial charge in [0.25, 0.3) is 0 Å². The van der Waals surface area contributed by atoms with E-state index in [2.05, 4.69) is 34.8 Å². The van der Waals surface area contributed by atoms with Crippen molar-refractivity contribution in [3.05, 3.63) is 27.8 Å². The van der Waals surface area contributed by atoms with E-state index in [0.717, 1.165) is 28.5 Å². The van der Waals surface area contributed by atoms with Crippen LogP contribution in [0.4, 0.5) is 5.69 Å². The molecule has 1 amide bonds. The summed E-state index contributed by atoms with van der Waals surface area (Å²) >= 11 is 2.22. The summed E-state index contributed by atoms with van der Waals surface area (Å²) in [6, 6.07) is 7.76. The lowest BCUT2D eigenvalue weighted by Crippen LogP contribution is -2.53. The average Bonchev–Trinajstić information content (AvgIpc) is 2.31. The molecule has 2 atom stereocenters. The van der Waals surface area contributed by atoms with E-state index in [1.165, 1.54) is 6.42 Å². The Morgan fingerprint density at radius 2 is 2.22 bits per heavy atom. The summed E-state index contributed by atoms with van der Waals surface area (Å²) in [6.07, 6.45) is 3.78. The predicted octanol–water partition coefficient (Wildman–Crippen LogP) is 3.14. The number of anilines is 1. The Bertz CT molecular complexity index is 449. The third kappa shape index (κ3) is 3.03. The lowest BCUT2D eigenvalue weighted by molar-refractivity contribution is -0.122. The largest absolute Gasteiger partial charge is 0.324 e. The van der Waals surface area contributed by atoms with Gasteiger partial charge >= 0.3 is 0 Å². The van der Waals surface area contributed by atoms with Gasteiger partial charge in [0, 0.05) is 3.57 Å². The number of nitrogens with one attached hydrogen (secondary N) is 1. The molecule has 2 rings (SSSR count). The summed E-state index contributed by atoms with van der Waals surface area (Å²) in [6.45, 7) is 2.17. The Kier molecular flexibility index (Phi) is 4.27. The highest BCUT2D eigenvalue weighted by Crippen LogP contribution is 2.31. The van der Waals surface area contributed by atoms with Gasteiger partial charge in [-0.3, -0.25) is 4.79 Å². The number of para-hydroxylation sites is 1. The van der Waals surface area contributed by atoms with E-state index >= 15 is 0 Å². The van der Waals surface area contributed by atoms with Gasteiger partial charge in [0.1, 0.15) is 0 Å². The van der Waals surface area contributed by atoms with Crippen LogP contribution < -0.4 is 11.1 Å². The van der Waals surface area contributed by atoms with E-state index in [1.807, 2.05) is 24.3 Å². The fourth-order valence-electron chi connectivity index (χ4n) is 2.61. The molecule has 1 fully saturated rings. The number of hydrogen-bond donors (Lipinski definition) is 2. The maximum atomic E-state index is 12.3. The number of halogens is 1. The zero-order chi connectivity index (χ0) is 13.2. The van der Waals surface area contributed by atoms with Crippen LogP contribution in [-0.2, 0) is 4.79 Å². The van der Waals surface area contributed by atoms with Gasteiger partial charge in [-0.25, -0.2) is 0 Å². The summed E-state index contributed by atoms with van der Waals surface area (Å²) in [7, 11) is 0. The van der Waals surface area contributed by atoms with Crippen LogP contribution in [-0.4, -0.2) is 11.4 Å². The molecule has 0 saturated heterocycles. The first-order valence-electron chi connectivity index (χ1n) is 6.36. The Morgan fingerprint density at radius 3 is 2.89 bits per heavy atom. The van der Waals surface area contributed by atoms with Crippen molar-refractivity contribution in [1.29, 1.82) is 0 Å². The highest BCUT2D eigenvalue weighted by molar-refractivity contribution is 14.1. The minimum atomic E-state index is -0.698. The van der Waals surface area contributed by atoms with Crippen molar-refractivity contribution in [2.24, 2.45) is 11.7 Å². The SMILES string of the molecule is CC1CCCC(N)(C(=O)Nc2ccccc2I)C1. The molecule has 18 heavy (non-hydrogen) atoms. The summed E-state index contributed by atoms with van der Waals surface area (Å²) < 4.78 is 1.04. The molecule has 2 unspecified atom stereocenters. The van der Waals surface area contributed by atoms with Gasteiger partial charge in [0.15, 0.2) is 0 Å². The first kappa shape index (κ1) is 13.8. The van der Waals surface area contributed by atoms with Crippen molar-refractivity contribution < 1.29 is 4.79 Å². The molecule has 0 spiro atoms. The molecule has 0 radical (unpaired) electrons. The zero-order valence-electron chi connectivity index (χ0n) is 10.6. The fraction of sp³-hybridized carbons (Fsp3) is 0.500. The molecule has 0 heterocycles. The summed E-state index contributed by atoms with van der Waals surface area (Å²) in [5.74, 6) is 0.488. The molecule has 3 N–H and O–H groups in total. The second kappa shape index (κ2) is 5.57. The Hall–Kier alpha value is -0.620. The Balaban J connectivity index is 2.10. The molecule has 1 aliphatic carbocycles. The Morgan fingerprint density at radius 1 is 1.50 bits per heavy atom. The number of amides is 1. The summed E-state index contributed by atoms with van der Waals surface area (Å²) in [4.78, 5) is 12.3. The van der Waals surface area contributed by atoms with Crippen molar-refractivity contribution in [3.8, 4) is 0 Å². The molecule has 0 aromatic heterocycles. The third-order valence-corrected chi connectivity index (χ3v) is 4.55. The molecule has 4 heteroatoms. The number of rotatable bonds is 2. The molecular formula is C14H19IN2O. The number of hydrogen-bond acceptors (Lipinski definition) is 2. The maximum Gasteiger partial charge on any atom is 0.244 e. The van der Waals surface area contributed by atoms with Gasteiger partial charge in [-0.15, -0.1) is 0 Å². The first-order valence-corrected chi connectivity index (χ1v) is 7.44. The van der Waals surface area contributed by atoms with Crippen LogP contribution in [0.2, 0.25) is 0 Å². The molecule has 0 aliphatic heterocycles. The number of benzene rings is 1. The Labute approximate surface area is 122 Å². The molecule has 3 nitrogen and oxygen atoms in total. The van der Waals surface area contributed by atoms with Gasteiger partial charge in [0.05, 0.1) is 11.2 Å². The number of carbonyl (C=O) groups excluding carboxylic acids is 1. The van der Waals surface area contributed by atoms with Gasteiger partial charge in [-0.05, 0) is 53.5 Å². The quantitative estimate of drug-likeness (QED) is 0.798. The highest BCUT2D eigenvalue weighted by atomic mass is 127. The summed E-state index contributed by atoms with van der Waals surface area (Å²) in [5, 5.41) is 2.97. The van der Waals surface area contributed by atoms with E-state index in [9.17, 15) is 4.79 Å². The normalized spacial score (nSPS) is 27.8. The average molecular weight is 358 g/mol. The topological polar surface area (TPSA) is 55.1 Å². The molecule has 1 aromatic carbocycles. The lowest BCUT2D eigenvalue weighted by Gasteiger charge is -2.35. The fourth-order valence-corrected chi connectivity index (χ4v) is 3.13. The van der Waals surface area contributed by atoms with Crippen LogP contribution in [0.15, 0.2) is 24.3 Å². The lowest BCUT2D eigenvalue weighted by atomic mass is 9.76. The standard InChI is InChI=1S/C14H19IN2O/c1-10-5-4-8-14(16,9-10)13(18)17-12-7-3-2-6-11(12)15/h2-3,6-7,10H,4-5,8-9,16H2,1H3,(H,17,18). The van der Waals surface area contributed by atoms with Crippen molar-refractivity contribution in [2.45, 2.75) is 38.1 Å². The van der Waals surface area contributed by atoms with E-state index in [-0.39, 0.29) is 5.91 Å². The van der Waals surface area contributed by atoms with Crippen molar-refractivity contribution in [2.75, 3.05) is 5.32 Å². The minimum Gasteiger partial charge on any atom is -0.324 e. The minimum absolute atomic E-state index is 0.0434. The number of carbonyl (C=O) groups is 1. The van der Waals surface area contributed by atoms with Gasteiger partial charge < -0.3 is 11.1 Å². The van der Waals surface area contributed by atoms with Crippen LogP contribution in [0.25, 0.3) is 0 Å². The molecular weight excluding hydrogens is 339 g/mol. The predicted molar refractivity (Wildman–Crippen MR) is 82.3 cm³/mol. The molecule has 0 bridgehead atoms. The van der Waals surface area contributed by atoms with E-state index in [4.69, 9.17) is 5.73 Å². The first-order chi connectivity index (χ1) is 8.51. The van der Waals surface area contributed by atoms with Gasteiger partial charge in [0.2, 0.25) is 5.91 Å². The van der Waals surface area contributed by atoms with Gasteiger partial charge in [-0.2, -0.15) is 0 Å². The van der Waals surface area contributed by atoms with Crippen LogP contribution in [0.1, 0.15) is 32.6 Å². The zero-order valence-corrected chi connectivity index (χ0v) is 12.7. The highest BCUT2D eigenvalue weighted by Gasteiger charge is 2.38. The van der Waals surface area contributed by atoms with Gasteiger partial charge in [-0.1, -0.05) is 31.9 Å². The number of nitrogens with two attached hydrogens (primary N) is 1.